The first-order valence-corrected chi connectivity index (χ1v) is 8.21. The molecule has 3 rings (SSSR count). The number of benzene rings is 1. The summed E-state index contributed by atoms with van der Waals surface area (Å²) in [6.07, 6.45) is -1.01. The molecule has 1 aliphatic heterocycles. The van der Waals surface area contributed by atoms with Crippen LogP contribution in [-0.4, -0.2) is 42.4 Å². The fraction of sp³-hybridized carbons (Fsp3) is 0.278. The SMILES string of the molecule is COCCOC(=O)Oc1c(C)nc2c(c1-c1cccc([N+](=O)[O-])c1)C(=O)OC2. The maximum absolute atomic E-state index is 12.3. The maximum Gasteiger partial charge on any atom is 0.514 e. The number of methoxy groups -OCH3 is 1. The number of cyclic esters (lactones) is 1. The smallest absolute Gasteiger partial charge is 0.455 e. The van der Waals surface area contributed by atoms with Crippen LogP contribution >= 0.6 is 0 Å². The normalized spacial score (nSPS) is 12.3. The zero-order valence-electron chi connectivity index (χ0n) is 15.1. The maximum atomic E-state index is 12.3. The number of carbonyl (C=O) groups excluding carboxylic acids is 2. The molecule has 2 heterocycles. The zero-order chi connectivity index (χ0) is 20.3. The number of nitro benzene ring substituents is 1. The van der Waals surface area contributed by atoms with E-state index in [1.165, 1.54) is 25.3 Å². The number of rotatable bonds is 6. The second kappa shape index (κ2) is 8.01. The number of non-ortho nitro benzene ring substituents is 1. The van der Waals surface area contributed by atoms with Gasteiger partial charge >= 0.3 is 12.1 Å². The second-order valence-corrected chi connectivity index (χ2v) is 5.80. The first-order chi connectivity index (χ1) is 13.4. The topological polar surface area (TPSA) is 127 Å². The highest BCUT2D eigenvalue weighted by Crippen LogP contribution is 2.40. The summed E-state index contributed by atoms with van der Waals surface area (Å²) in [6, 6.07) is 5.63. The molecule has 0 unspecified atom stereocenters. The number of carbonyl (C=O) groups is 2. The fourth-order valence-electron chi connectivity index (χ4n) is 2.77. The van der Waals surface area contributed by atoms with Gasteiger partial charge in [-0.15, -0.1) is 0 Å². The molecule has 0 radical (unpaired) electrons. The molecule has 0 aliphatic carbocycles. The molecule has 28 heavy (non-hydrogen) atoms. The van der Waals surface area contributed by atoms with Gasteiger partial charge in [0, 0.05) is 24.8 Å². The van der Waals surface area contributed by atoms with Gasteiger partial charge in [-0.25, -0.2) is 14.6 Å². The molecule has 10 heteroatoms. The Morgan fingerprint density at radius 1 is 1.32 bits per heavy atom. The van der Waals surface area contributed by atoms with Crippen molar-refractivity contribution in [2.24, 2.45) is 0 Å². The molecule has 0 atom stereocenters. The van der Waals surface area contributed by atoms with Crippen LogP contribution in [0.4, 0.5) is 10.5 Å². The van der Waals surface area contributed by atoms with E-state index >= 15 is 0 Å². The standard InChI is InChI=1S/C18H16N2O8/c1-10-16(28-18(22)26-7-6-25-2)14(15-13(19-10)9-27-17(15)21)11-4-3-5-12(8-11)20(23)24/h3-5,8H,6-7,9H2,1-2H3. The van der Waals surface area contributed by atoms with E-state index in [0.717, 1.165) is 0 Å². The van der Waals surface area contributed by atoms with Gasteiger partial charge in [0.05, 0.1) is 28.5 Å². The van der Waals surface area contributed by atoms with Crippen molar-refractivity contribution in [2.45, 2.75) is 13.5 Å². The third-order valence-corrected chi connectivity index (χ3v) is 3.98. The molecular formula is C18H16N2O8. The Balaban J connectivity index is 2.11. The monoisotopic (exact) mass is 388 g/mol. The number of aromatic nitrogens is 1. The molecule has 0 N–H and O–H groups in total. The Labute approximate surface area is 159 Å². The van der Waals surface area contributed by atoms with E-state index in [9.17, 15) is 19.7 Å². The number of esters is 1. The number of hydrogen-bond acceptors (Lipinski definition) is 9. The Morgan fingerprint density at radius 2 is 2.11 bits per heavy atom. The minimum Gasteiger partial charge on any atom is -0.455 e. The lowest BCUT2D eigenvalue weighted by molar-refractivity contribution is -0.384. The van der Waals surface area contributed by atoms with Gasteiger partial charge in [0.25, 0.3) is 5.69 Å². The van der Waals surface area contributed by atoms with E-state index in [4.69, 9.17) is 18.9 Å². The molecule has 1 aromatic carbocycles. The summed E-state index contributed by atoms with van der Waals surface area (Å²) in [5.74, 6) is -0.679. The predicted molar refractivity (Wildman–Crippen MR) is 94.0 cm³/mol. The van der Waals surface area contributed by atoms with Crippen molar-refractivity contribution in [1.82, 2.24) is 4.98 Å². The first kappa shape index (κ1) is 19.2. The number of nitrogens with zero attached hydrogens (tertiary/aromatic N) is 2. The third-order valence-electron chi connectivity index (χ3n) is 3.98. The van der Waals surface area contributed by atoms with Gasteiger partial charge in [-0.1, -0.05) is 12.1 Å². The number of ether oxygens (including phenoxy) is 4. The number of fused-ring (bicyclic) bond motifs is 1. The van der Waals surface area contributed by atoms with Crippen molar-refractivity contribution in [3.05, 3.63) is 51.3 Å². The first-order valence-electron chi connectivity index (χ1n) is 8.21. The predicted octanol–water partition coefficient (Wildman–Crippen LogP) is 2.80. The summed E-state index contributed by atoms with van der Waals surface area (Å²) in [5, 5.41) is 11.1. The van der Waals surface area contributed by atoms with E-state index in [0.29, 0.717) is 17.0 Å². The zero-order valence-corrected chi connectivity index (χ0v) is 15.1. The number of hydrogen-bond donors (Lipinski definition) is 0. The lowest BCUT2D eigenvalue weighted by atomic mass is 9.97. The Hall–Kier alpha value is -3.53. The fourth-order valence-corrected chi connectivity index (χ4v) is 2.77. The largest absolute Gasteiger partial charge is 0.514 e. The van der Waals surface area contributed by atoms with Gasteiger partial charge in [-0.3, -0.25) is 10.1 Å². The summed E-state index contributed by atoms with van der Waals surface area (Å²) >= 11 is 0. The van der Waals surface area contributed by atoms with Gasteiger partial charge in [0.1, 0.15) is 13.2 Å². The summed E-state index contributed by atoms with van der Waals surface area (Å²) in [5.41, 5.74) is 1.10. The number of nitro groups is 1. The molecular weight excluding hydrogens is 372 g/mol. The Morgan fingerprint density at radius 3 is 2.82 bits per heavy atom. The van der Waals surface area contributed by atoms with Gasteiger partial charge in [0.15, 0.2) is 5.75 Å². The summed E-state index contributed by atoms with van der Waals surface area (Å²) in [6.45, 7) is 1.71. The Bertz CT molecular complexity index is 957. The molecule has 1 aliphatic rings. The minimum absolute atomic E-state index is 0.0269. The molecule has 0 spiro atoms. The molecule has 0 saturated carbocycles. The van der Waals surface area contributed by atoms with Gasteiger partial charge in [-0.05, 0) is 12.5 Å². The van der Waals surface area contributed by atoms with Crippen LogP contribution in [0.2, 0.25) is 0 Å². The van der Waals surface area contributed by atoms with Crippen molar-refractivity contribution >= 4 is 17.8 Å². The molecule has 0 amide bonds. The number of aryl methyl sites for hydroxylation is 1. The molecule has 0 fully saturated rings. The lowest BCUT2D eigenvalue weighted by Crippen LogP contribution is -2.16. The summed E-state index contributed by atoms with van der Waals surface area (Å²) in [4.78, 5) is 39.1. The highest BCUT2D eigenvalue weighted by Gasteiger charge is 2.32. The van der Waals surface area contributed by atoms with Crippen molar-refractivity contribution < 1.29 is 33.5 Å². The molecule has 10 nitrogen and oxygen atoms in total. The average molecular weight is 388 g/mol. The quantitative estimate of drug-likeness (QED) is 0.317. The summed E-state index contributed by atoms with van der Waals surface area (Å²) < 4.78 is 20.0. The van der Waals surface area contributed by atoms with Crippen LogP contribution in [0.5, 0.6) is 5.75 Å². The van der Waals surface area contributed by atoms with Gasteiger partial charge in [-0.2, -0.15) is 0 Å². The van der Waals surface area contributed by atoms with Crippen LogP contribution in [0.15, 0.2) is 24.3 Å². The van der Waals surface area contributed by atoms with Crippen molar-refractivity contribution in [2.75, 3.05) is 20.3 Å². The highest BCUT2D eigenvalue weighted by molar-refractivity contribution is 6.02. The molecule has 2 aromatic rings. The van der Waals surface area contributed by atoms with Crippen LogP contribution < -0.4 is 4.74 Å². The van der Waals surface area contributed by atoms with Crippen LogP contribution in [-0.2, 0) is 20.8 Å². The van der Waals surface area contributed by atoms with Crippen LogP contribution in [0.25, 0.3) is 11.1 Å². The van der Waals surface area contributed by atoms with Gasteiger partial charge < -0.3 is 18.9 Å². The molecule has 0 bridgehead atoms. The van der Waals surface area contributed by atoms with E-state index in [-0.39, 0.29) is 42.4 Å². The van der Waals surface area contributed by atoms with Crippen molar-refractivity contribution in [3.63, 3.8) is 0 Å². The minimum atomic E-state index is -1.01. The average Bonchev–Trinajstić information content (AvgIpc) is 3.03. The van der Waals surface area contributed by atoms with Gasteiger partial charge in [0.2, 0.25) is 0 Å². The Kier molecular flexibility index (Phi) is 5.50. The molecule has 0 saturated heterocycles. The second-order valence-electron chi connectivity index (χ2n) is 5.80. The third kappa shape index (κ3) is 3.76. The molecule has 146 valence electrons. The van der Waals surface area contributed by atoms with Crippen LogP contribution in [0.1, 0.15) is 21.7 Å². The molecule has 1 aromatic heterocycles. The van der Waals surface area contributed by atoms with E-state index in [1.54, 1.807) is 13.0 Å². The van der Waals surface area contributed by atoms with E-state index in [1.807, 2.05) is 0 Å². The highest BCUT2D eigenvalue weighted by atomic mass is 16.7. The van der Waals surface area contributed by atoms with E-state index < -0.39 is 17.0 Å². The number of pyridine rings is 1. The summed E-state index contributed by atoms with van der Waals surface area (Å²) in [7, 11) is 1.45. The van der Waals surface area contributed by atoms with E-state index in [2.05, 4.69) is 4.98 Å². The van der Waals surface area contributed by atoms with Crippen molar-refractivity contribution in [1.29, 1.82) is 0 Å². The van der Waals surface area contributed by atoms with Crippen LogP contribution in [0.3, 0.4) is 0 Å². The van der Waals surface area contributed by atoms with Crippen LogP contribution in [0, 0.1) is 17.0 Å². The lowest BCUT2D eigenvalue weighted by Gasteiger charge is -2.15. The van der Waals surface area contributed by atoms with Crippen molar-refractivity contribution in [3.8, 4) is 16.9 Å².